The van der Waals surface area contributed by atoms with Gasteiger partial charge in [-0.15, -0.1) is 5.10 Å². The molecule has 9 heteroatoms. The number of ether oxygens (including phenoxy) is 1. The number of anilines is 2. The Labute approximate surface area is 131 Å². The lowest BCUT2D eigenvalue weighted by atomic mass is 10.3. The van der Waals surface area contributed by atoms with Crippen LogP contribution in [0.3, 0.4) is 0 Å². The van der Waals surface area contributed by atoms with Gasteiger partial charge < -0.3 is 15.4 Å². The van der Waals surface area contributed by atoms with E-state index in [0.717, 1.165) is 0 Å². The average molecular weight is 324 g/mol. The summed E-state index contributed by atoms with van der Waals surface area (Å²) < 4.78 is 6.45. The van der Waals surface area contributed by atoms with Crippen molar-refractivity contribution in [2.45, 2.75) is 13.5 Å². The largest absolute Gasteiger partial charge is 0.495 e. The quantitative estimate of drug-likeness (QED) is 0.869. The highest BCUT2D eigenvalue weighted by Gasteiger charge is 2.10. The highest BCUT2D eigenvalue weighted by Crippen LogP contribution is 2.27. The van der Waals surface area contributed by atoms with Gasteiger partial charge in [0.25, 0.3) is 0 Å². The summed E-state index contributed by atoms with van der Waals surface area (Å²) in [6.07, 6.45) is 1.45. The number of rotatable bonds is 5. The molecule has 0 saturated carbocycles. The molecule has 2 rings (SSSR count). The van der Waals surface area contributed by atoms with Crippen molar-refractivity contribution in [3.8, 4) is 5.75 Å². The van der Waals surface area contributed by atoms with Crippen molar-refractivity contribution in [3.05, 3.63) is 29.4 Å². The van der Waals surface area contributed by atoms with Crippen LogP contribution in [0.1, 0.15) is 6.92 Å². The van der Waals surface area contributed by atoms with E-state index in [-0.39, 0.29) is 24.2 Å². The molecular formula is C13H14ClN5O3. The van der Waals surface area contributed by atoms with Gasteiger partial charge in [0.05, 0.1) is 19.0 Å². The SMILES string of the molecule is COc1ccc(Cl)cc1NC(=O)Cn1cc(NC(C)=O)nn1. The summed E-state index contributed by atoms with van der Waals surface area (Å²) in [5.74, 6) is 0.177. The van der Waals surface area contributed by atoms with E-state index in [1.165, 1.54) is 24.9 Å². The molecule has 0 unspecified atom stereocenters. The highest BCUT2D eigenvalue weighted by atomic mass is 35.5. The first-order valence-electron chi connectivity index (χ1n) is 6.29. The minimum atomic E-state index is -0.333. The molecule has 0 aliphatic carbocycles. The second-order valence-corrected chi connectivity index (χ2v) is 4.81. The van der Waals surface area contributed by atoms with Crippen molar-refractivity contribution in [1.29, 1.82) is 0 Å². The molecule has 0 aliphatic heterocycles. The number of hydrogen-bond acceptors (Lipinski definition) is 5. The molecule has 8 nitrogen and oxygen atoms in total. The topological polar surface area (TPSA) is 98.1 Å². The Kier molecular flexibility index (Phi) is 4.95. The van der Waals surface area contributed by atoms with Gasteiger partial charge in [-0.25, -0.2) is 4.68 Å². The number of methoxy groups -OCH3 is 1. The monoisotopic (exact) mass is 323 g/mol. The summed E-state index contributed by atoms with van der Waals surface area (Å²) >= 11 is 5.89. The van der Waals surface area contributed by atoms with Crippen LogP contribution in [0.15, 0.2) is 24.4 Å². The lowest BCUT2D eigenvalue weighted by molar-refractivity contribution is -0.117. The third-order valence-corrected chi connectivity index (χ3v) is 2.82. The van der Waals surface area contributed by atoms with Gasteiger partial charge in [0, 0.05) is 11.9 Å². The first-order valence-corrected chi connectivity index (χ1v) is 6.67. The summed E-state index contributed by atoms with van der Waals surface area (Å²) in [6, 6.07) is 4.90. The standard InChI is InChI=1S/C13H14ClN5O3/c1-8(20)15-12-6-19(18-17-12)7-13(21)16-10-5-9(14)3-4-11(10)22-2/h3-6H,7H2,1-2H3,(H,15,20)(H,16,21). The molecule has 1 heterocycles. The van der Waals surface area contributed by atoms with Gasteiger partial charge in [-0.3, -0.25) is 9.59 Å². The van der Waals surface area contributed by atoms with Crippen LogP contribution in [0.25, 0.3) is 0 Å². The number of nitrogens with zero attached hydrogens (tertiary/aromatic N) is 3. The Hall–Kier alpha value is -2.61. The van der Waals surface area contributed by atoms with Crippen LogP contribution >= 0.6 is 11.6 Å². The Balaban J connectivity index is 2.02. The van der Waals surface area contributed by atoms with Crippen LogP contribution in [-0.2, 0) is 16.1 Å². The number of aromatic nitrogens is 3. The molecule has 1 aromatic carbocycles. The van der Waals surface area contributed by atoms with Crippen LogP contribution in [-0.4, -0.2) is 33.9 Å². The van der Waals surface area contributed by atoms with E-state index in [0.29, 0.717) is 16.5 Å². The van der Waals surface area contributed by atoms with Gasteiger partial charge in [-0.05, 0) is 18.2 Å². The zero-order valence-corrected chi connectivity index (χ0v) is 12.7. The van der Waals surface area contributed by atoms with Crippen LogP contribution in [0.2, 0.25) is 5.02 Å². The van der Waals surface area contributed by atoms with Gasteiger partial charge in [-0.2, -0.15) is 0 Å². The lowest BCUT2D eigenvalue weighted by Gasteiger charge is -2.10. The lowest BCUT2D eigenvalue weighted by Crippen LogP contribution is -2.19. The molecule has 2 N–H and O–H groups in total. The molecule has 22 heavy (non-hydrogen) atoms. The fourth-order valence-corrected chi connectivity index (χ4v) is 1.90. The molecule has 1 aromatic heterocycles. The number of benzene rings is 1. The van der Waals surface area contributed by atoms with E-state index < -0.39 is 0 Å². The van der Waals surface area contributed by atoms with Crippen molar-refractivity contribution >= 4 is 34.9 Å². The van der Waals surface area contributed by atoms with Crippen LogP contribution < -0.4 is 15.4 Å². The van der Waals surface area contributed by atoms with Crippen molar-refractivity contribution in [3.63, 3.8) is 0 Å². The fraction of sp³-hybridized carbons (Fsp3) is 0.231. The zero-order chi connectivity index (χ0) is 16.1. The Morgan fingerprint density at radius 3 is 2.82 bits per heavy atom. The number of amides is 2. The molecule has 0 fully saturated rings. The molecule has 2 amide bonds. The number of hydrogen-bond donors (Lipinski definition) is 2. The third-order valence-electron chi connectivity index (χ3n) is 2.58. The zero-order valence-electron chi connectivity index (χ0n) is 12.0. The Morgan fingerprint density at radius 2 is 2.14 bits per heavy atom. The van der Waals surface area contributed by atoms with E-state index in [4.69, 9.17) is 16.3 Å². The van der Waals surface area contributed by atoms with Crippen molar-refractivity contribution < 1.29 is 14.3 Å². The van der Waals surface area contributed by atoms with Gasteiger partial charge in [0.15, 0.2) is 5.82 Å². The Morgan fingerprint density at radius 1 is 1.36 bits per heavy atom. The van der Waals surface area contributed by atoms with Gasteiger partial charge in [0.2, 0.25) is 11.8 Å². The maximum absolute atomic E-state index is 12.0. The molecule has 0 bridgehead atoms. The fourth-order valence-electron chi connectivity index (χ4n) is 1.73. The maximum Gasteiger partial charge on any atom is 0.246 e. The van der Waals surface area contributed by atoms with E-state index in [9.17, 15) is 9.59 Å². The van der Waals surface area contributed by atoms with Gasteiger partial charge >= 0.3 is 0 Å². The Bertz CT molecular complexity index is 701. The highest BCUT2D eigenvalue weighted by molar-refractivity contribution is 6.31. The number of halogens is 1. The van der Waals surface area contributed by atoms with Crippen molar-refractivity contribution in [2.24, 2.45) is 0 Å². The van der Waals surface area contributed by atoms with E-state index in [1.807, 2.05) is 0 Å². The van der Waals surface area contributed by atoms with E-state index in [1.54, 1.807) is 18.2 Å². The molecule has 116 valence electrons. The van der Waals surface area contributed by atoms with Crippen LogP contribution in [0.4, 0.5) is 11.5 Å². The normalized spacial score (nSPS) is 10.1. The first-order chi connectivity index (χ1) is 10.5. The molecular weight excluding hydrogens is 310 g/mol. The predicted molar refractivity (Wildman–Crippen MR) is 81.0 cm³/mol. The number of carbonyl (C=O) groups excluding carboxylic acids is 2. The second kappa shape index (κ2) is 6.90. The predicted octanol–water partition coefficient (Wildman–Crippen LogP) is 1.54. The molecule has 0 saturated heterocycles. The molecule has 0 atom stereocenters. The summed E-state index contributed by atoms with van der Waals surface area (Å²) in [7, 11) is 1.50. The summed E-state index contributed by atoms with van der Waals surface area (Å²) in [6.45, 7) is 1.29. The molecule has 0 aliphatic rings. The van der Waals surface area contributed by atoms with Crippen molar-refractivity contribution in [1.82, 2.24) is 15.0 Å². The van der Waals surface area contributed by atoms with Crippen LogP contribution in [0, 0.1) is 0 Å². The number of carbonyl (C=O) groups is 2. The minimum absolute atomic E-state index is 0.0672. The first kappa shape index (κ1) is 15.8. The number of nitrogens with one attached hydrogen (secondary N) is 2. The van der Waals surface area contributed by atoms with E-state index >= 15 is 0 Å². The van der Waals surface area contributed by atoms with Gasteiger partial charge in [-0.1, -0.05) is 16.8 Å². The van der Waals surface area contributed by atoms with Crippen molar-refractivity contribution in [2.75, 3.05) is 17.7 Å². The summed E-state index contributed by atoms with van der Waals surface area (Å²) in [4.78, 5) is 22.9. The summed E-state index contributed by atoms with van der Waals surface area (Å²) in [5.41, 5.74) is 0.460. The van der Waals surface area contributed by atoms with Crippen LogP contribution in [0.5, 0.6) is 5.75 Å². The maximum atomic E-state index is 12.0. The third kappa shape index (κ3) is 4.19. The van der Waals surface area contributed by atoms with E-state index in [2.05, 4.69) is 20.9 Å². The second-order valence-electron chi connectivity index (χ2n) is 4.38. The molecule has 0 radical (unpaired) electrons. The smallest absolute Gasteiger partial charge is 0.246 e. The molecule has 2 aromatic rings. The van der Waals surface area contributed by atoms with Gasteiger partial charge in [0.1, 0.15) is 12.3 Å². The average Bonchev–Trinajstić information content (AvgIpc) is 2.85. The molecule has 0 spiro atoms. The summed E-state index contributed by atoms with van der Waals surface area (Å²) in [5, 5.41) is 13.1. The minimum Gasteiger partial charge on any atom is -0.495 e.